The lowest BCUT2D eigenvalue weighted by Crippen LogP contribution is -2.49. The smallest absolute Gasteiger partial charge is 0.337 e. The minimum absolute atomic E-state index is 0.00990. The van der Waals surface area contributed by atoms with Crippen LogP contribution < -0.4 is 10.6 Å². The fraction of sp³-hybridized carbons (Fsp3) is 0.778. The minimum atomic E-state index is -3.16. The topological polar surface area (TPSA) is 133 Å². The molecule has 1 unspecified atom stereocenters. The van der Waals surface area contributed by atoms with Crippen molar-refractivity contribution >= 4 is 21.8 Å². The lowest BCUT2D eigenvalue weighted by Gasteiger charge is -2.18. The van der Waals surface area contributed by atoms with Crippen LogP contribution >= 0.6 is 0 Å². The van der Waals surface area contributed by atoms with Crippen LogP contribution in [0.4, 0.5) is 4.79 Å². The second-order valence-electron chi connectivity index (χ2n) is 3.92. The summed E-state index contributed by atoms with van der Waals surface area (Å²) in [4.78, 5) is 21.7. The Hall–Kier alpha value is -1.35. The summed E-state index contributed by atoms with van der Waals surface area (Å²) in [6.45, 7) is 1.99. The van der Waals surface area contributed by atoms with Crippen molar-refractivity contribution in [2.75, 3.05) is 24.6 Å². The standard InChI is InChI=1S/C9H18N2O6S/c1-3-18(16,17)5-4-10-8(14)11-6-9(2,15)7(12)13/h15H,3-6H2,1-2H3,(H,12,13)(H2,10,11,14). The monoisotopic (exact) mass is 282 g/mol. The van der Waals surface area contributed by atoms with Crippen molar-refractivity contribution in [1.82, 2.24) is 10.6 Å². The molecule has 4 N–H and O–H groups in total. The highest BCUT2D eigenvalue weighted by Gasteiger charge is 2.30. The van der Waals surface area contributed by atoms with Gasteiger partial charge in [0.05, 0.1) is 12.3 Å². The van der Waals surface area contributed by atoms with Crippen LogP contribution in [0.25, 0.3) is 0 Å². The second kappa shape index (κ2) is 6.55. The van der Waals surface area contributed by atoms with Crippen LogP contribution in [0.2, 0.25) is 0 Å². The first-order valence-corrected chi connectivity index (χ1v) is 7.11. The molecule has 8 nitrogen and oxygen atoms in total. The van der Waals surface area contributed by atoms with Gasteiger partial charge in [0.15, 0.2) is 15.4 Å². The molecule has 0 aromatic rings. The Balaban J connectivity index is 3.97. The number of hydrogen-bond donors (Lipinski definition) is 4. The molecule has 1 atom stereocenters. The number of aliphatic carboxylic acids is 1. The van der Waals surface area contributed by atoms with Gasteiger partial charge in [-0.2, -0.15) is 0 Å². The number of rotatable bonds is 7. The van der Waals surface area contributed by atoms with Gasteiger partial charge in [0.1, 0.15) is 0 Å². The second-order valence-corrected chi connectivity index (χ2v) is 6.40. The average Bonchev–Trinajstić information content (AvgIpc) is 2.26. The molecule has 0 aliphatic carbocycles. The Morgan fingerprint density at radius 1 is 1.28 bits per heavy atom. The van der Waals surface area contributed by atoms with Crippen LogP contribution in [0.5, 0.6) is 0 Å². The number of carbonyl (C=O) groups is 2. The Morgan fingerprint density at radius 3 is 2.28 bits per heavy atom. The molecule has 9 heteroatoms. The number of sulfone groups is 1. The molecule has 0 aliphatic rings. The predicted molar refractivity (Wildman–Crippen MR) is 64.0 cm³/mol. The molecule has 0 saturated heterocycles. The maximum Gasteiger partial charge on any atom is 0.337 e. The van der Waals surface area contributed by atoms with Gasteiger partial charge in [-0.3, -0.25) is 0 Å². The van der Waals surface area contributed by atoms with Crippen LogP contribution in [0.15, 0.2) is 0 Å². The zero-order valence-electron chi connectivity index (χ0n) is 10.3. The number of carboxylic acid groups (broad SMARTS) is 1. The Kier molecular flexibility index (Phi) is 6.06. The number of nitrogens with one attached hydrogen (secondary N) is 2. The maximum atomic E-state index is 11.2. The first kappa shape index (κ1) is 16.6. The molecule has 0 aromatic carbocycles. The van der Waals surface area contributed by atoms with Gasteiger partial charge < -0.3 is 20.8 Å². The van der Waals surface area contributed by atoms with Crippen LogP contribution in [-0.4, -0.2) is 60.8 Å². The number of carboxylic acids is 1. The Labute approximate surface area is 105 Å². The molecule has 0 bridgehead atoms. The van der Waals surface area contributed by atoms with Gasteiger partial charge in [0, 0.05) is 12.3 Å². The molecule has 0 radical (unpaired) electrons. The Morgan fingerprint density at radius 2 is 1.83 bits per heavy atom. The van der Waals surface area contributed by atoms with E-state index in [1.807, 2.05) is 0 Å². The van der Waals surface area contributed by atoms with Crippen LogP contribution in [0, 0.1) is 0 Å². The van der Waals surface area contributed by atoms with Crippen LogP contribution in [0.1, 0.15) is 13.8 Å². The molecule has 106 valence electrons. The number of aliphatic hydroxyl groups is 1. The summed E-state index contributed by atoms with van der Waals surface area (Å²) in [5, 5.41) is 22.2. The third kappa shape index (κ3) is 6.40. The molecule has 2 amide bonds. The summed E-state index contributed by atoms with van der Waals surface area (Å²) in [5.41, 5.74) is -2.06. The van der Waals surface area contributed by atoms with Crippen molar-refractivity contribution in [3.8, 4) is 0 Å². The highest BCUT2D eigenvalue weighted by atomic mass is 32.2. The molecule has 0 aliphatic heterocycles. The SMILES string of the molecule is CCS(=O)(=O)CCNC(=O)NCC(C)(O)C(=O)O. The van der Waals surface area contributed by atoms with Gasteiger partial charge in [0.2, 0.25) is 0 Å². The molecule has 0 fully saturated rings. The molecule has 0 heterocycles. The lowest BCUT2D eigenvalue weighted by atomic mass is 10.1. The van der Waals surface area contributed by atoms with Gasteiger partial charge in [0.25, 0.3) is 0 Å². The van der Waals surface area contributed by atoms with Crippen molar-refractivity contribution in [2.24, 2.45) is 0 Å². The average molecular weight is 282 g/mol. The summed E-state index contributed by atoms with van der Waals surface area (Å²) in [6, 6.07) is -0.733. The Bertz CT molecular complexity index is 403. The summed E-state index contributed by atoms with van der Waals surface area (Å²) in [6.07, 6.45) is 0. The quantitative estimate of drug-likeness (QED) is 0.452. The normalized spacial score (nSPS) is 14.6. The van der Waals surface area contributed by atoms with Crippen molar-refractivity contribution in [3.63, 3.8) is 0 Å². The zero-order chi connectivity index (χ0) is 14.4. The van der Waals surface area contributed by atoms with Gasteiger partial charge >= 0.3 is 12.0 Å². The predicted octanol–water partition coefficient (Wildman–Crippen LogP) is -1.44. The van der Waals surface area contributed by atoms with Crippen molar-refractivity contribution in [2.45, 2.75) is 19.4 Å². The van der Waals surface area contributed by atoms with E-state index in [1.54, 1.807) is 0 Å². The highest BCUT2D eigenvalue weighted by molar-refractivity contribution is 7.91. The third-order valence-corrected chi connectivity index (χ3v) is 3.90. The van der Waals surface area contributed by atoms with E-state index in [0.717, 1.165) is 6.92 Å². The fourth-order valence-electron chi connectivity index (χ4n) is 0.855. The molecule has 0 spiro atoms. The first-order chi connectivity index (χ1) is 8.10. The summed E-state index contributed by atoms with van der Waals surface area (Å²) < 4.78 is 22.2. The largest absolute Gasteiger partial charge is 0.479 e. The van der Waals surface area contributed by atoms with Crippen molar-refractivity contribution in [3.05, 3.63) is 0 Å². The molecule has 0 saturated carbocycles. The van der Waals surface area contributed by atoms with Gasteiger partial charge in [-0.05, 0) is 6.92 Å². The van der Waals surface area contributed by atoms with Crippen LogP contribution in [-0.2, 0) is 14.6 Å². The minimum Gasteiger partial charge on any atom is -0.479 e. The van der Waals surface area contributed by atoms with E-state index < -0.39 is 34.0 Å². The fourth-order valence-corrected chi connectivity index (χ4v) is 1.56. The summed E-state index contributed by atoms with van der Waals surface area (Å²) >= 11 is 0. The maximum absolute atomic E-state index is 11.2. The molecular weight excluding hydrogens is 264 g/mol. The lowest BCUT2D eigenvalue weighted by molar-refractivity contribution is -0.155. The number of urea groups is 1. The number of amides is 2. The highest BCUT2D eigenvalue weighted by Crippen LogP contribution is 2.00. The van der Waals surface area contributed by atoms with E-state index in [9.17, 15) is 23.1 Å². The van der Waals surface area contributed by atoms with E-state index in [-0.39, 0.29) is 18.1 Å². The molecule has 0 rings (SSSR count). The van der Waals surface area contributed by atoms with E-state index in [1.165, 1.54) is 6.92 Å². The van der Waals surface area contributed by atoms with E-state index in [0.29, 0.717) is 0 Å². The van der Waals surface area contributed by atoms with Crippen LogP contribution in [0.3, 0.4) is 0 Å². The number of hydrogen-bond acceptors (Lipinski definition) is 5. The molecule has 0 aromatic heterocycles. The van der Waals surface area contributed by atoms with E-state index >= 15 is 0 Å². The summed E-state index contributed by atoms with van der Waals surface area (Å²) in [7, 11) is -3.16. The molecular formula is C9H18N2O6S. The van der Waals surface area contributed by atoms with Gasteiger partial charge in [-0.25, -0.2) is 18.0 Å². The van der Waals surface area contributed by atoms with Crippen molar-refractivity contribution < 1.29 is 28.2 Å². The molecule has 18 heavy (non-hydrogen) atoms. The third-order valence-electron chi connectivity index (χ3n) is 2.19. The van der Waals surface area contributed by atoms with E-state index in [4.69, 9.17) is 5.11 Å². The van der Waals surface area contributed by atoms with Gasteiger partial charge in [-0.15, -0.1) is 0 Å². The van der Waals surface area contributed by atoms with E-state index in [2.05, 4.69) is 10.6 Å². The van der Waals surface area contributed by atoms with Crippen molar-refractivity contribution in [1.29, 1.82) is 0 Å². The zero-order valence-corrected chi connectivity index (χ0v) is 11.1. The number of carbonyl (C=O) groups excluding carboxylic acids is 1. The summed E-state index contributed by atoms with van der Waals surface area (Å²) in [5.74, 6) is -1.66. The first-order valence-electron chi connectivity index (χ1n) is 5.28. The van der Waals surface area contributed by atoms with Gasteiger partial charge in [-0.1, -0.05) is 6.92 Å².